The Balaban J connectivity index is 1.69. The number of rotatable bonds is 5. The molecule has 7 heteroatoms. The lowest BCUT2D eigenvalue weighted by Gasteiger charge is -2.31. The molecule has 22 heavy (non-hydrogen) atoms. The average Bonchev–Trinajstić information content (AvgIpc) is 2.84. The topological polar surface area (TPSA) is 76.2 Å². The van der Waals surface area contributed by atoms with Crippen LogP contribution in [-0.4, -0.2) is 67.2 Å². The van der Waals surface area contributed by atoms with E-state index in [0.29, 0.717) is 51.9 Å². The molecule has 7 nitrogen and oxygen atoms in total. The zero-order valence-electron chi connectivity index (χ0n) is 13.2. The number of carbonyl (C=O) groups excluding carboxylic acids is 3. The fourth-order valence-corrected chi connectivity index (χ4v) is 2.87. The highest BCUT2D eigenvalue weighted by atomic mass is 16.6. The molecule has 0 saturated carbocycles. The molecular weight excluding hydrogens is 288 g/mol. The van der Waals surface area contributed by atoms with E-state index >= 15 is 0 Å². The SMILES string of the molecule is CCOC(=O)C1CCN(C(=O)CCC2CN(C)C(=O)O2)CC1. The van der Waals surface area contributed by atoms with Crippen LogP contribution in [0.2, 0.25) is 0 Å². The van der Waals surface area contributed by atoms with Crippen LogP contribution in [0.25, 0.3) is 0 Å². The molecule has 2 aliphatic heterocycles. The van der Waals surface area contributed by atoms with Crippen molar-refractivity contribution in [2.24, 2.45) is 5.92 Å². The summed E-state index contributed by atoms with van der Waals surface area (Å²) in [6.45, 7) is 3.91. The number of hydrogen-bond acceptors (Lipinski definition) is 5. The smallest absolute Gasteiger partial charge is 0.409 e. The summed E-state index contributed by atoms with van der Waals surface area (Å²) >= 11 is 0. The summed E-state index contributed by atoms with van der Waals surface area (Å²) < 4.78 is 10.2. The number of likely N-dealkylation sites (N-methyl/N-ethyl adjacent to an activating group) is 1. The standard InChI is InChI=1S/C15H24N2O5/c1-3-21-14(19)11-6-8-17(9-7-11)13(18)5-4-12-10-16(2)15(20)22-12/h11-12H,3-10H2,1-2H3. The normalized spacial score (nSPS) is 22.6. The van der Waals surface area contributed by atoms with E-state index in [0.717, 1.165) is 0 Å². The number of ether oxygens (including phenoxy) is 2. The Morgan fingerprint density at radius 2 is 2.00 bits per heavy atom. The molecule has 2 aliphatic rings. The molecule has 2 amide bonds. The van der Waals surface area contributed by atoms with Gasteiger partial charge in [-0.15, -0.1) is 0 Å². The Kier molecular flexibility index (Phi) is 5.63. The highest BCUT2D eigenvalue weighted by Gasteiger charge is 2.31. The Hall–Kier alpha value is -1.79. The van der Waals surface area contributed by atoms with Gasteiger partial charge in [-0.05, 0) is 26.2 Å². The van der Waals surface area contributed by atoms with Crippen molar-refractivity contribution < 1.29 is 23.9 Å². The number of nitrogens with zero attached hydrogens (tertiary/aromatic N) is 2. The van der Waals surface area contributed by atoms with Crippen LogP contribution < -0.4 is 0 Å². The van der Waals surface area contributed by atoms with E-state index in [-0.39, 0.29) is 30.0 Å². The maximum absolute atomic E-state index is 12.2. The van der Waals surface area contributed by atoms with Gasteiger partial charge >= 0.3 is 12.1 Å². The Morgan fingerprint density at radius 3 is 2.55 bits per heavy atom. The molecular formula is C15H24N2O5. The van der Waals surface area contributed by atoms with Crippen LogP contribution in [0.1, 0.15) is 32.6 Å². The van der Waals surface area contributed by atoms with E-state index < -0.39 is 0 Å². The van der Waals surface area contributed by atoms with Crippen molar-refractivity contribution >= 4 is 18.0 Å². The third kappa shape index (κ3) is 4.11. The van der Waals surface area contributed by atoms with E-state index in [1.165, 1.54) is 4.90 Å². The Labute approximate surface area is 130 Å². The monoisotopic (exact) mass is 312 g/mol. The number of piperidine rings is 1. The first kappa shape index (κ1) is 16.6. The number of likely N-dealkylation sites (tertiary alicyclic amines) is 1. The van der Waals surface area contributed by atoms with Crippen LogP contribution >= 0.6 is 0 Å². The van der Waals surface area contributed by atoms with Crippen molar-refractivity contribution in [2.45, 2.75) is 38.7 Å². The lowest BCUT2D eigenvalue weighted by Crippen LogP contribution is -2.40. The molecule has 2 saturated heterocycles. The van der Waals surface area contributed by atoms with Crippen molar-refractivity contribution in [1.82, 2.24) is 9.80 Å². The van der Waals surface area contributed by atoms with Crippen molar-refractivity contribution in [3.8, 4) is 0 Å². The Morgan fingerprint density at radius 1 is 1.32 bits per heavy atom. The third-order valence-electron chi connectivity index (χ3n) is 4.20. The van der Waals surface area contributed by atoms with Crippen LogP contribution in [0.15, 0.2) is 0 Å². The predicted octanol–water partition coefficient (Wildman–Crippen LogP) is 1.02. The largest absolute Gasteiger partial charge is 0.466 e. The first-order valence-corrected chi connectivity index (χ1v) is 7.87. The summed E-state index contributed by atoms with van der Waals surface area (Å²) in [6, 6.07) is 0. The van der Waals surface area contributed by atoms with Gasteiger partial charge < -0.3 is 19.3 Å². The fraction of sp³-hybridized carbons (Fsp3) is 0.800. The summed E-state index contributed by atoms with van der Waals surface area (Å²) in [4.78, 5) is 38.4. The zero-order valence-corrected chi connectivity index (χ0v) is 13.2. The number of cyclic esters (lactones) is 1. The highest BCUT2D eigenvalue weighted by Crippen LogP contribution is 2.20. The number of amides is 2. The van der Waals surface area contributed by atoms with Gasteiger partial charge in [-0.25, -0.2) is 4.79 Å². The van der Waals surface area contributed by atoms with Gasteiger partial charge in [-0.2, -0.15) is 0 Å². The lowest BCUT2D eigenvalue weighted by atomic mass is 9.96. The molecule has 0 aromatic carbocycles. The molecule has 0 aliphatic carbocycles. The molecule has 0 bridgehead atoms. The van der Waals surface area contributed by atoms with Crippen LogP contribution in [0.3, 0.4) is 0 Å². The molecule has 0 N–H and O–H groups in total. The minimum Gasteiger partial charge on any atom is -0.466 e. The van der Waals surface area contributed by atoms with Crippen LogP contribution in [0.4, 0.5) is 4.79 Å². The molecule has 2 rings (SSSR count). The first-order chi connectivity index (χ1) is 10.5. The molecule has 0 aromatic heterocycles. The molecule has 0 spiro atoms. The van der Waals surface area contributed by atoms with Gasteiger partial charge in [-0.3, -0.25) is 9.59 Å². The van der Waals surface area contributed by atoms with Crippen LogP contribution in [0, 0.1) is 5.92 Å². The van der Waals surface area contributed by atoms with E-state index in [4.69, 9.17) is 9.47 Å². The number of carbonyl (C=O) groups is 3. The van der Waals surface area contributed by atoms with Crippen molar-refractivity contribution in [3.05, 3.63) is 0 Å². The van der Waals surface area contributed by atoms with Gasteiger partial charge in [0.15, 0.2) is 0 Å². The van der Waals surface area contributed by atoms with Gasteiger partial charge in [0.2, 0.25) is 5.91 Å². The van der Waals surface area contributed by atoms with Crippen molar-refractivity contribution in [2.75, 3.05) is 33.3 Å². The van der Waals surface area contributed by atoms with E-state index in [1.54, 1.807) is 18.9 Å². The first-order valence-electron chi connectivity index (χ1n) is 7.87. The number of hydrogen-bond donors (Lipinski definition) is 0. The van der Waals surface area contributed by atoms with Gasteiger partial charge in [0.05, 0.1) is 19.1 Å². The second-order valence-electron chi connectivity index (χ2n) is 5.83. The van der Waals surface area contributed by atoms with E-state index in [1.807, 2.05) is 0 Å². The molecule has 124 valence electrons. The molecule has 1 atom stereocenters. The maximum Gasteiger partial charge on any atom is 0.409 e. The van der Waals surface area contributed by atoms with Gasteiger partial charge in [0, 0.05) is 26.6 Å². The molecule has 0 radical (unpaired) electrons. The van der Waals surface area contributed by atoms with Crippen LogP contribution in [-0.2, 0) is 19.1 Å². The number of esters is 1. The van der Waals surface area contributed by atoms with Crippen LogP contribution in [0.5, 0.6) is 0 Å². The molecule has 1 unspecified atom stereocenters. The van der Waals surface area contributed by atoms with Gasteiger partial charge in [0.25, 0.3) is 0 Å². The lowest BCUT2D eigenvalue weighted by molar-refractivity contribution is -0.151. The summed E-state index contributed by atoms with van der Waals surface area (Å²) in [7, 11) is 1.68. The van der Waals surface area contributed by atoms with Gasteiger partial charge in [-0.1, -0.05) is 0 Å². The molecule has 2 fully saturated rings. The van der Waals surface area contributed by atoms with Crippen molar-refractivity contribution in [1.29, 1.82) is 0 Å². The summed E-state index contributed by atoms with van der Waals surface area (Å²) in [5, 5.41) is 0. The quantitative estimate of drug-likeness (QED) is 0.708. The Bertz CT molecular complexity index is 432. The van der Waals surface area contributed by atoms with E-state index in [2.05, 4.69) is 0 Å². The highest BCUT2D eigenvalue weighted by molar-refractivity contribution is 5.77. The molecule has 2 heterocycles. The summed E-state index contributed by atoms with van der Waals surface area (Å²) in [5.74, 6) is -0.183. The van der Waals surface area contributed by atoms with E-state index in [9.17, 15) is 14.4 Å². The second kappa shape index (κ2) is 7.47. The second-order valence-corrected chi connectivity index (χ2v) is 5.83. The molecule has 0 aromatic rings. The van der Waals surface area contributed by atoms with Crippen molar-refractivity contribution in [3.63, 3.8) is 0 Å². The third-order valence-corrected chi connectivity index (χ3v) is 4.20. The minimum absolute atomic E-state index is 0.0629. The minimum atomic E-state index is -0.326. The average molecular weight is 312 g/mol. The fourth-order valence-electron chi connectivity index (χ4n) is 2.87. The summed E-state index contributed by atoms with van der Waals surface area (Å²) in [6.07, 6.45) is 1.71. The predicted molar refractivity (Wildman–Crippen MR) is 78.1 cm³/mol. The van der Waals surface area contributed by atoms with Gasteiger partial charge in [0.1, 0.15) is 6.10 Å². The zero-order chi connectivity index (χ0) is 16.1. The maximum atomic E-state index is 12.2. The summed E-state index contributed by atoms with van der Waals surface area (Å²) in [5.41, 5.74) is 0.